The molecule has 0 spiro atoms. The van der Waals surface area contributed by atoms with E-state index in [9.17, 15) is 14.7 Å². The predicted molar refractivity (Wildman–Crippen MR) is 109 cm³/mol. The van der Waals surface area contributed by atoms with Gasteiger partial charge in [0.1, 0.15) is 12.4 Å². The first kappa shape index (κ1) is 20.9. The van der Waals surface area contributed by atoms with Crippen molar-refractivity contribution >= 4 is 11.9 Å². The lowest BCUT2D eigenvalue weighted by Crippen LogP contribution is -2.34. The fourth-order valence-corrected chi connectivity index (χ4v) is 3.36. The number of rotatable bonds is 9. The van der Waals surface area contributed by atoms with Crippen LogP contribution in [0.2, 0.25) is 0 Å². The van der Waals surface area contributed by atoms with Crippen molar-refractivity contribution in [2.75, 3.05) is 19.8 Å². The predicted octanol–water partition coefficient (Wildman–Crippen LogP) is 3.23. The second-order valence-electron chi connectivity index (χ2n) is 7.41. The maximum Gasteiger partial charge on any atom is 0.308 e. The second-order valence-corrected chi connectivity index (χ2v) is 7.41. The molecule has 154 valence electrons. The third-order valence-corrected chi connectivity index (χ3v) is 5.00. The summed E-state index contributed by atoms with van der Waals surface area (Å²) in [5.41, 5.74) is 2.49. The summed E-state index contributed by atoms with van der Waals surface area (Å²) in [6.07, 6.45) is 2.58. The molecule has 6 heteroatoms. The van der Waals surface area contributed by atoms with E-state index in [0.717, 1.165) is 30.6 Å². The van der Waals surface area contributed by atoms with E-state index in [1.165, 1.54) is 0 Å². The molecular formula is C23H27NO5. The summed E-state index contributed by atoms with van der Waals surface area (Å²) in [5, 5.41) is 12.2. The van der Waals surface area contributed by atoms with E-state index in [2.05, 4.69) is 5.32 Å². The number of amides is 1. The number of benzene rings is 2. The largest absolute Gasteiger partial charge is 0.491 e. The monoisotopic (exact) mass is 397 g/mol. The van der Waals surface area contributed by atoms with Crippen LogP contribution in [0.5, 0.6) is 5.75 Å². The number of nitrogens with one attached hydrogen (secondary N) is 1. The van der Waals surface area contributed by atoms with E-state index in [0.29, 0.717) is 24.3 Å². The molecule has 0 aliphatic carbocycles. The molecule has 1 heterocycles. The maximum atomic E-state index is 12.4. The molecule has 1 amide bonds. The quantitative estimate of drug-likeness (QED) is 0.679. The smallest absolute Gasteiger partial charge is 0.308 e. The number of aliphatic carboxylic acids is 1. The molecule has 2 atom stereocenters. The highest BCUT2D eigenvalue weighted by Crippen LogP contribution is 2.17. The van der Waals surface area contributed by atoms with Crippen LogP contribution in [0.25, 0.3) is 0 Å². The van der Waals surface area contributed by atoms with Crippen LogP contribution in [0.3, 0.4) is 0 Å². The van der Waals surface area contributed by atoms with Crippen LogP contribution >= 0.6 is 0 Å². The van der Waals surface area contributed by atoms with Crippen LogP contribution in [-0.2, 0) is 16.0 Å². The van der Waals surface area contributed by atoms with Crippen molar-refractivity contribution in [3.05, 3.63) is 65.2 Å². The zero-order valence-corrected chi connectivity index (χ0v) is 16.6. The van der Waals surface area contributed by atoms with E-state index in [1.807, 2.05) is 31.2 Å². The first-order valence-corrected chi connectivity index (χ1v) is 9.92. The average molecular weight is 397 g/mol. The molecule has 2 aromatic carbocycles. The minimum absolute atomic E-state index is 0.0688. The first-order valence-electron chi connectivity index (χ1n) is 9.92. The van der Waals surface area contributed by atoms with E-state index >= 15 is 0 Å². The van der Waals surface area contributed by atoms with E-state index < -0.39 is 11.9 Å². The Hall–Kier alpha value is -2.86. The molecule has 1 fully saturated rings. The Morgan fingerprint density at radius 2 is 2.03 bits per heavy atom. The Kier molecular flexibility index (Phi) is 7.25. The summed E-state index contributed by atoms with van der Waals surface area (Å²) in [5.74, 6) is -1.23. The highest BCUT2D eigenvalue weighted by molar-refractivity contribution is 5.94. The zero-order valence-electron chi connectivity index (χ0n) is 16.6. The number of hydrogen-bond acceptors (Lipinski definition) is 4. The van der Waals surface area contributed by atoms with Gasteiger partial charge in [0.2, 0.25) is 0 Å². The van der Waals surface area contributed by atoms with Gasteiger partial charge in [-0.1, -0.05) is 29.8 Å². The number of hydrogen-bond donors (Lipinski definition) is 2. The van der Waals surface area contributed by atoms with Crippen LogP contribution < -0.4 is 10.1 Å². The lowest BCUT2D eigenvalue weighted by atomic mass is 9.98. The molecule has 2 unspecified atom stereocenters. The van der Waals surface area contributed by atoms with Gasteiger partial charge < -0.3 is 19.9 Å². The lowest BCUT2D eigenvalue weighted by molar-refractivity contribution is -0.141. The van der Waals surface area contributed by atoms with E-state index in [1.54, 1.807) is 24.3 Å². The average Bonchev–Trinajstić information content (AvgIpc) is 3.23. The Labute approximate surface area is 170 Å². The first-order chi connectivity index (χ1) is 14.0. The minimum Gasteiger partial charge on any atom is -0.491 e. The van der Waals surface area contributed by atoms with Crippen molar-refractivity contribution in [1.29, 1.82) is 0 Å². The van der Waals surface area contributed by atoms with Gasteiger partial charge in [-0.15, -0.1) is 0 Å². The van der Waals surface area contributed by atoms with Gasteiger partial charge in [-0.2, -0.15) is 0 Å². The van der Waals surface area contributed by atoms with Gasteiger partial charge in [-0.05, 0) is 56.0 Å². The molecule has 0 aromatic heterocycles. The Morgan fingerprint density at radius 1 is 1.24 bits per heavy atom. The molecular weight excluding hydrogens is 370 g/mol. The van der Waals surface area contributed by atoms with Crippen LogP contribution in [0.1, 0.15) is 34.3 Å². The normalized spacial score (nSPS) is 16.9. The molecule has 0 saturated carbocycles. The third-order valence-electron chi connectivity index (χ3n) is 5.00. The van der Waals surface area contributed by atoms with Gasteiger partial charge in [0.25, 0.3) is 5.91 Å². The fourth-order valence-electron chi connectivity index (χ4n) is 3.36. The van der Waals surface area contributed by atoms with Crippen molar-refractivity contribution in [3.8, 4) is 5.75 Å². The van der Waals surface area contributed by atoms with Crippen LogP contribution in [-0.4, -0.2) is 42.8 Å². The number of carbonyl (C=O) groups excluding carboxylic acids is 1. The highest BCUT2D eigenvalue weighted by Gasteiger charge is 2.20. The van der Waals surface area contributed by atoms with E-state index in [-0.39, 0.29) is 18.6 Å². The summed E-state index contributed by atoms with van der Waals surface area (Å²) < 4.78 is 11.2. The van der Waals surface area contributed by atoms with Crippen molar-refractivity contribution < 1.29 is 24.2 Å². The highest BCUT2D eigenvalue weighted by atomic mass is 16.5. The number of carboxylic acid groups (broad SMARTS) is 1. The standard InChI is InChI=1S/C23H27NO5/c1-16-4-2-5-17(12-16)13-19(23(26)27)14-24-22(25)18-7-9-20(10-8-18)29-15-21-6-3-11-28-21/h2,4-5,7-10,12,19,21H,3,6,11,13-15H2,1H3,(H,24,25)(H,26,27). The molecule has 2 N–H and O–H groups in total. The summed E-state index contributed by atoms with van der Waals surface area (Å²) in [4.78, 5) is 24.0. The molecule has 0 bridgehead atoms. The van der Waals surface area contributed by atoms with Gasteiger partial charge in [-0.25, -0.2) is 0 Å². The summed E-state index contributed by atoms with van der Waals surface area (Å²) >= 11 is 0. The van der Waals surface area contributed by atoms with Crippen molar-refractivity contribution in [3.63, 3.8) is 0 Å². The second kappa shape index (κ2) is 10.1. The van der Waals surface area contributed by atoms with Crippen molar-refractivity contribution in [1.82, 2.24) is 5.32 Å². The Balaban J connectivity index is 1.50. The SMILES string of the molecule is Cc1cccc(CC(CNC(=O)c2ccc(OCC3CCCO3)cc2)C(=O)O)c1. The van der Waals surface area contributed by atoms with Crippen LogP contribution in [0.4, 0.5) is 0 Å². The summed E-state index contributed by atoms with van der Waals surface area (Å²) in [6.45, 7) is 3.33. The Bertz CT molecular complexity index is 827. The molecule has 0 radical (unpaired) electrons. The third kappa shape index (κ3) is 6.32. The minimum atomic E-state index is -0.926. The number of ether oxygens (including phenoxy) is 2. The van der Waals surface area contributed by atoms with Gasteiger partial charge in [-0.3, -0.25) is 9.59 Å². The van der Waals surface area contributed by atoms with Crippen molar-refractivity contribution in [2.24, 2.45) is 5.92 Å². The summed E-state index contributed by atoms with van der Waals surface area (Å²) in [6, 6.07) is 14.6. The zero-order chi connectivity index (χ0) is 20.6. The molecule has 3 rings (SSSR count). The molecule has 1 aliphatic heterocycles. The van der Waals surface area contributed by atoms with E-state index in [4.69, 9.17) is 9.47 Å². The molecule has 29 heavy (non-hydrogen) atoms. The van der Waals surface area contributed by atoms with Gasteiger partial charge >= 0.3 is 5.97 Å². The number of carboxylic acids is 1. The lowest BCUT2D eigenvalue weighted by Gasteiger charge is -2.14. The molecule has 1 aliphatic rings. The molecule has 1 saturated heterocycles. The number of aryl methyl sites for hydroxylation is 1. The van der Waals surface area contributed by atoms with Gasteiger partial charge in [0.15, 0.2) is 0 Å². The van der Waals surface area contributed by atoms with Gasteiger partial charge in [0.05, 0.1) is 12.0 Å². The topological polar surface area (TPSA) is 84.9 Å². The summed E-state index contributed by atoms with van der Waals surface area (Å²) in [7, 11) is 0. The van der Waals surface area contributed by atoms with Crippen LogP contribution in [0, 0.1) is 12.8 Å². The Morgan fingerprint density at radius 3 is 2.69 bits per heavy atom. The fraction of sp³-hybridized carbons (Fsp3) is 0.391. The molecule has 6 nitrogen and oxygen atoms in total. The number of carbonyl (C=O) groups is 2. The van der Waals surface area contributed by atoms with Crippen molar-refractivity contribution in [2.45, 2.75) is 32.3 Å². The van der Waals surface area contributed by atoms with Gasteiger partial charge in [0, 0.05) is 18.7 Å². The van der Waals surface area contributed by atoms with Crippen LogP contribution in [0.15, 0.2) is 48.5 Å². The molecule has 2 aromatic rings. The maximum absolute atomic E-state index is 12.4.